The number of rotatable bonds is 4. The van der Waals surface area contributed by atoms with Crippen molar-refractivity contribution >= 4 is 0 Å². The van der Waals surface area contributed by atoms with Crippen LogP contribution in [0.5, 0.6) is 0 Å². The van der Waals surface area contributed by atoms with E-state index in [4.69, 9.17) is 0 Å². The molecule has 1 heterocycles. The number of hydrogen-bond donors (Lipinski definition) is 0. The molecule has 1 saturated carbocycles. The summed E-state index contributed by atoms with van der Waals surface area (Å²) in [5, 5.41) is 0. The molecular weight excluding hydrogens is 230 g/mol. The van der Waals surface area contributed by atoms with Gasteiger partial charge in [-0.3, -0.25) is 0 Å². The molecule has 0 radical (unpaired) electrons. The van der Waals surface area contributed by atoms with E-state index in [0.29, 0.717) is 0 Å². The lowest BCUT2D eigenvalue weighted by Crippen LogP contribution is -2.33. The van der Waals surface area contributed by atoms with Crippen LogP contribution in [0.1, 0.15) is 64.7 Å². The minimum absolute atomic E-state index is 1.02. The maximum Gasteiger partial charge on any atom is -0.00190 e. The number of allylic oxidation sites excluding steroid dienone is 2. The minimum Gasteiger partial charge on any atom is -0.306 e. The summed E-state index contributed by atoms with van der Waals surface area (Å²) in [6.07, 6.45) is 17.8. The second-order valence-electron chi connectivity index (χ2n) is 6.92. The van der Waals surface area contributed by atoms with Crippen LogP contribution >= 0.6 is 0 Å². The van der Waals surface area contributed by atoms with Gasteiger partial charge in [-0.1, -0.05) is 37.8 Å². The van der Waals surface area contributed by atoms with E-state index in [-0.39, 0.29) is 0 Å². The van der Waals surface area contributed by atoms with Crippen LogP contribution in [0.25, 0.3) is 0 Å². The van der Waals surface area contributed by atoms with Crippen molar-refractivity contribution in [2.24, 2.45) is 17.8 Å². The Morgan fingerprint density at radius 3 is 2.42 bits per heavy atom. The van der Waals surface area contributed by atoms with Gasteiger partial charge in [-0.15, -0.1) is 0 Å². The highest BCUT2D eigenvalue weighted by Crippen LogP contribution is 2.37. The third-order valence-corrected chi connectivity index (χ3v) is 5.54. The van der Waals surface area contributed by atoms with Crippen LogP contribution in [0, 0.1) is 17.8 Å². The van der Waals surface area contributed by atoms with Gasteiger partial charge < -0.3 is 4.90 Å². The van der Waals surface area contributed by atoms with Gasteiger partial charge >= 0.3 is 0 Å². The molecule has 110 valence electrons. The van der Waals surface area contributed by atoms with Gasteiger partial charge in [-0.2, -0.15) is 0 Å². The van der Waals surface area contributed by atoms with Gasteiger partial charge in [0.15, 0.2) is 0 Å². The van der Waals surface area contributed by atoms with E-state index in [0.717, 1.165) is 17.8 Å². The van der Waals surface area contributed by atoms with Gasteiger partial charge in [-0.25, -0.2) is 0 Å². The fraction of sp³-hybridized carbons (Fsp3) is 0.889. The molecule has 0 N–H and O–H groups in total. The molecule has 0 spiro atoms. The van der Waals surface area contributed by atoms with Crippen molar-refractivity contribution in [1.82, 2.24) is 4.90 Å². The van der Waals surface area contributed by atoms with Gasteiger partial charge in [0, 0.05) is 0 Å². The lowest BCUT2D eigenvalue weighted by molar-refractivity contribution is 0.159. The van der Waals surface area contributed by atoms with Crippen molar-refractivity contribution in [3.05, 3.63) is 12.2 Å². The first-order chi connectivity index (χ1) is 9.29. The average molecular weight is 263 g/mol. The van der Waals surface area contributed by atoms with Gasteiger partial charge in [-0.05, 0) is 76.9 Å². The summed E-state index contributed by atoms with van der Waals surface area (Å²) in [6, 6.07) is 0. The van der Waals surface area contributed by atoms with Crippen LogP contribution < -0.4 is 0 Å². The molecule has 0 bridgehead atoms. The standard InChI is InChI=1S/C18H33N/c1-3-4-5-7-16-8-6-9-17(11-10-16)18-12-14-19(2)15-13-18/h3-4,16-18H,5-15H2,1-2H3/b4-3+. The third-order valence-electron chi connectivity index (χ3n) is 5.54. The molecule has 0 amide bonds. The van der Waals surface area contributed by atoms with Crippen molar-refractivity contribution < 1.29 is 0 Å². The van der Waals surface area contributed by atoms with Crippen LogP contribution in [0.3, 0.4) is 0 Å². The molecule has 2 aliphatic rings. The zero-order valence-corrected chi connectivity index (χ0v) is 13.1. The SMILES string of the molecule is C/C=C/CCC1CCCC(C2CCN(C)CC2)CC1. The van der Waals surface area contributed by atoms with Crippen molar-refractivity contribution in [2.45, 2.75) is 64.7 Å². The van der Waals surface area contributed by atoms with E-state index in [2.05, 4.69) is 31.0 Å². The monoisotopic (exact) mass is 263 g/mol. The molecule has 0 aromatic carbocycles. The van der Waals surface area contributed by atoms with Crippen molar-refractivity contribution in [3.63, 3.8) is 0 Å². The molecule has 19 heavy (non-hydrogen) atoms. The zero-order valence-electron chi connectivity index (χ0n) is 13.1. The Labute approximate surface area is 120 Å². The van der Waals surface area contributed by atoms with Crippen LogP contribution in [-0.4, -0.2) is 25.0 Å². The minimum atomic E-state index is 1.02. The maximum atomic E-state index is 2.51. The fourth-order valence-corrected chi connectivity index (χ4v) is 4.17. The molecule has 2 atom stereocenters. The highest BCUT2D eigenvalue weighted by Gasteiger charge is 2.27. The van der Waals surface area contributed by atoms with Crippen LogP contribution in [0.2, 0.25) is 0 Å². The molecule has 1 heteroatoms. The van der Waals surface area contributed by atoms with Crippen LogP contribution in [-0.2, 0) is 0 Å². The Bertz CT molecular complexity index is 263. The summed E-state index contributed by atoms with van der Waals surface area (Å²) in [5.74, 6) is 3.12. The largest absolute Gasteiger partial charge is 0.306 e. The van der Waals surface area contributed by atoms with Crippen LogP contribution in [0.4, 0.5) is 0 Å². The Hall–Kier alpha value is -0.300. The summed E-state index contributed by atoms with van der Waals surface area (Å²) in [7, 11) is 2.28. The number of likely N-dealkylation sites (tertiary alicyclic amines) is 1. The number of hydrogen-bond acceptors (Lipinski definition) is 1. The Balaban J connectivity index is 1.73. The Kier molecular flexibility index (Phi) is 6.43. The van der Waals surface area contributed by atoms with E-state index in [1.54, 1.807) is 0 Å². The highest BCUT2D eigenvalue weighted by molar-refractivity contribution is 4.82. The molecule has 1 saturated heterocycles. The molecular formula is C18H33N. The molecule has 1 aliphatic heterocycles. The van der Waals surface area contributed by atoms with E-state index in [1.165, 1.54) is 70.9 Å². The Morgan fingerprint density at radius 1 is 0.947 bits per heavy atom. The predicted molar refractivity (Wildman–Crippen MR) is 84.3 cm³/mol. The number of nitrogens with zero attached hydrogens (tertiary/aromatic N) is 1. The summed E-state index contributed by atoms with van der Waals surface area (Å²) >= 11 is 0. The molecule has 1 aliphatic carbocycles. The normalized spacial score (nSPS) is 31.7. The molecule has 2 rings (SSSR count). The van der Waals surface area contributed by atoms with Gasteiger partial charge in [0.2, 0.25) is 0 Å². The van der Waals surface area contributed by atoms with Crippen molar-refractivity contribution in [2.75, 3.05) is 20.1 Å². The predicted octanol–water partition coefficient (Wildman–Crippen LogP) is 4.88. The average Bonchev–Trinajstić information content (AvgIpc) is 2.66. The first-order valence-electron chi connectivity index (χ1n) is 8.59. The smallest absolute Gasteiger partial charge is 0.00190 e. The van der Waals surface area contributed by atoms with E-state index < -0.39 is 0 Å². The first-order valence-corrected chi connectivity index (χ1v) is 8.59. The first kappa shape index (κ1) is 15.1. The fourth-order valence-electron chi connectivity index (χ4n) is 4.17. The molecule has 2 fully saturated rings. The summed E-state index contributed by atoms with van der Waals surface area (Å²) < 4.78 is 0. The topological polar surface area (TPSA) is 3.24 Å². The van der Waals surface area contributed by atoms with Gasteiger partial charge in [0.1, 0.15) is 0 Å². The lowest BCUT2D eigenvalue weighted by atomic mass is 9.80. The number of piperidine rings is 1. The molecule has 0 aromatic heterocycles. The van der Waals surface area contributed by atoms with Crippen LogP contribution in [0.15, 0.2) is 12.2 Å². The van der Waals surface area contributed by atoms with Gasteiger partial charge in [0.05, 0.1) is 0 Å². The quantitative estimate of drug-likeness (QED) is 0.516. The Morgan fingerprint density at radius 2 is 1.68 bits per heavy atom. The second kappa shape index (κ2) is 8.09. The van der Waals surface area contributed by atoms with E-state index in [9.17, 15) is 0 Å². The molecule has 1 nitrogen and oxygen atoms in total. The van der Waals surface area contributed by atoms with Gasteiger partial charge in [0.25, 0.3) is 0 Å². The van der Waals surface area contributed by atoms with Crippen molar-refractivity contribution in [1.29, 1.82) is 0 Å². The second-order valence-corrected chi connectivity index (χ2v) is 6.92. The van der Waals surface area contributed by atoms with E-state index in [1.807, 2.05) is 0 Å². The summed E-state index contributed by atoms with van der Waals surface area (Å²) in [4.78, 5) is 2.51. The lowest BCUT2D eigenvalue weighted by Gasteiger charge is -2.34. The molecule has 0 aromatic rings. The van der Waals surface area contributed by atoms with Crippen molar-refractivity contribution in [3.8, 4) is 0 Å². The summed E-state index contributed by atoms with van der Waals surface area (Å²) in [5.41, 5.74) is 0. The third kappa shape index (κ3) is 4.95. The maximum absolute atomic E-state index is 2.51. The van der Waals surface area contributed by atoms with E-state index >= 15 is 0 Å². The zero-order chi connectivity index (χ0) is 13.5. The molecule has 2 unspecified atom stereocenters. The highest BCUT2D eigenvalue weighted by atomic mass is 15.1. The summed E-state index contributed by atoms with van der Waals surface area (Å²) in [6.45, 7) is 4.82.